The highest BCUT2D eigenvalue weighted by Crippen LogP contribution is 2.41. The molecule has 0 saturated carbocycles. The third kappa shape index (κ3) is 3.18. The van der Waals surface area contributed by atoms with Crippen molar-refractivity contribution in [2.75, 3.05) is 26.2 Å². The summed E-state index contributed by atoms with van der Waals surface area (Å²) in [6, 6.07) is 10.5. The molecule has 4 rings (SSSR count). The van der Waals surface area contributed by atoms with E-state index >= 15 is 0 Å². The molecule has 2 saturated heterocycles. The molecule has 2 aliphatic heterocycles. The molecule has 1 spiro atoms. The summed E-state index contributed by atoms with van der Waals surface area (Å²) in [5, 5.41) is 2.93. The molecule has 0 bridgehead atoms. The van der Waals surface area contributed by atoms with Crippen LogP contribution in [0, 0.1) is 5.41 Å². The third-order valence-electron chi connectivity index (χ3n) is 5.86. The number of rotatable bonds is 3. The van der Waals surface area contributed by atoms with Gasteiger partial charge in [-0.2, -0.15) is 0 Å². The number of carbonyl (C=O) groups is 2. The van der Waals surface area contributed by atoms with E-state index in [4.69, 9.17) is 0 Å². The van der Waals surface area contributed by atoms with E-state index < -0.39 is 0 Å². The fraction of sp³-hybridized carbons (Fsp3) is 0.450. The van der Waals surface area contributed by atoms with Crippen LogP contribution in [-0.2, 0) is 4.79 Å². The summed E-state index contributed by atoms with van der Waals surface area (Å²) in [4.78, 5) is 40.9. The predicted molar refractivity (Wildman–Crippen MR) is 101 cm³/mol. The van der Waals surface area contributed by atoms with Crippen molar-refractivity contribution in [2.24, 2.45) is 5.41 Å². The Morgan fingerprint density at radius 1 is 1.15 bits per heavy atom. The molecule has 1 aromatic carbocycles. The average molecular weight is 368 g/mol. The van der Waals surface area contributed by atoms with Crippen LogP contribution >= 0.6 is 0 Å². The molecule has 0 aliphatic carbocycles. The zero-order valence-electron chi connectivity index (χ0n) is 15.5. The Hall–Kier alpha value is -2.83. The first kappa shape index (κ1) is 17.6. The highest BCUT2D eigenvalue weighted by atomic mass is 16.2. The van der Waals surface area contributed by atoms with Crippen molar-refractivity contribution >= 4 is 11.8 Å². The molecule has 0 atom stereocenters. The number of para-hydroxylation sites is 1. The van der Waals surface area contributed by atoms with Crippen molar-refractivity contribution in [1.82, 2.24) is 19.6 Å². The van der Waals surface area contributed by atoms with Gasteiger partial charge in [-0.1, -0.05) is 18.2 Å². The standard InChI is InChI=1S/C20H24N4O3/c1-2-22-14-20(13-18(22)26)8-10-23(11-9-20)19(27)16-12-17(25)24(21-16)15-6-4-3-5-7-15/h3-7,12,21H,2,8-11,13-14H2,1H3. The van der Waals surface area contributed by atoms with Gasteiger partial charge >= 0.3 is 0 Å². The molecule has 1 N–H and O–H groups in total. The molecule has 27 heavy (non-hydrogen) atoms. The van der Waals surface area contributed by atoms with E-state index in [2.05, 4.69) is 5.10 Å². The number of nitrogens with zero attached hydrogens (tertiary/aromatic N) is 3. The lowest BCUT2D eigenvalue weighted by atomic mass is 9.77. The molecular formula is C20H24N4O3. The van der Waals surface area contributed by atoms with E-state index in [1.165, 1.54) is 10.7 Å². The van der Waals surface area contributed by atoms with Gasteiger partial charge in [0.15, 0.2) is 0 Å². The number of aromatic nitrogens is 2. The minimum Gasteiger partial charge on any atom is -0.342 e. The van der Waals surface area contributed by atoms with Gasteiger partial charge in [-0.25, -0.2) is 4.68 Å². The minimum absolute atomic E-state index is 0.00719. The molecule has 2 fully saturated rings. The van der Waals surface area contributed by atoms with Crippen LogP contribution in [0.3, 0.4) is 0 Å². The SMILES string of the molecule is CCN1CC2(CCN(C(=O)c3cc(=O)n(-c4ccccc4)[nH]3)CC2)CC1=O. The summed E-state index contributed by atoms with van der Waals surface area (Å²) in [7, 11) is 0. The van der Waals surface area contributed by atoms with Crippen LogP contribution in [0.15, 0.2) is 41.2 Å². The maximum atomic E-state index is 12.8. The van der Waals surface area contributed by atoms with Crippen LogP contribution in [0.4, 0.5) is 0 Å². The van der Waals surface area contributed by atoms with E-state index in [0.717, 1.165) is 25.9 Å². The summed E-state index contributed by atoms with van der Waals surface area (Å²) in [6.45, 7) is 4.77. The van der Waals surface area contributed by atoms with Gasteiger partial charge in [0, 0.05) is 44.1 Å². The minimum atomic E-state index is -0.252. The largest absolute Gasteiger partial charge is 0.342 e. The Labute approximate surface area is 157 Å². The molecule has 2 aliphatic rings. The monoisotopic (exact) mass is 368 g/mol. The van der Waals surface area contributed by atoms with Gasteiger partial charge in [-0.15, -0.1) is 0 Å². The van der Waals surface area contributed by atoms with Gasteiger partial charge in [0.05, 0.1) is 5.69 Å². The second-order valence-corrected chi connectivity index (χ2v) is 7.56. The predicted octanol–water partition coefficient (Wildman–Crippen LogP) is 1.64. The Bertz CT molecular complexity index is 907. The Kier molecular flexibility index (Phi) is 4.37. The molecule has 7 heteroatoms. The van der Waals surface area contributed by atoms with Gasteiger partial charge in [0.1, 0.15) is 5.69 Å². The number of carbonyl (C=O) groups excluding carboxylic acids is 2. The van der Waals surface area contributed by atoms with E-state index in [1.807, 2.05) is 42.2 Å². The normalized spacial score (nSPS) is 19.1. The van der Waals surface area contributed by atoms with Crippen molar-refractivity contribution < 1.29 is 9.59 Å². The molecule has 2 amide bonds. The number of amides is 2. The molecular weight excluding hydrogens is 344 g/mol. The van der Waals surface area contributed by atoms with E-state index in [1.54, 1.807) is 4.90 Å². The van der Waals surface area contributed by atoms with E-state index in [-0.39, 0.29) is 22.8 Å². The molecule has 3 heterocycles. The fourth-order valence-corrected chi connectivity index (χ4v) is 4.23. The molecule has 142 valence electrons. The summed E-state index contributed by atoms with van der Waals surface area (Å²) in [5.74, 6) is 0.0647. The molecule has 1 aromatic heterocycles. The maximum Gasteiger partial charge on any atom is 0.271 e. The van der Waals surface area contributed by atoms with Crippen molar-refractivity contribution in [3.05, 3.63) is 52.4 Å². The number of hydrogen-bond acceptors (Lipinski definition) is 3. The second kappa shape index (κ2) is 6.72. The zero-order valence-corrected chi connectivity index (χ0v) is 15.5. The molecule has 0 unspecified atom stereocenters. The fourth-order valence-electron chi connectivity index (χ4n) is 4.23. The number of piperidine rings is 1. The van der Waals surface area contributed by atoms with Crippen LogP contribution in [0.2, 0.25) is 0 Å². The number of H-pyrrole nitrogens is 1. The summed E-state index contributed by atoms with van der Waals surface area (Å²) in [6.07, 6.45) is 2.24. The number of nitrogens with one attached hydrogen (secondary N) is 1. The van der Waals surface area contributed by atoms with Crippen molar-refractivity contribution in [1.29, 1.82) is 0 Å². The number of likely N-dealkylation sites (tertiary alicyclic amines) is 2. The van der Waals surface area contributed by atoms with E-state index in [9.17, 15) is 14.4 Å². The first-order valence-corrected chi connectivity index (χ1v) is 9.46. The van der Waals surface area contributed by atoms with Gasteiger partial charge in [0.2, 0.25) is 5.91 Å². The van der Waals surface area contributed by atoms with Crippen LogP contribution in [0.25, 0.3) is 5.69 Å². The van der Waals surface area contributed by atoms with Crippen molar-refractivity contribution in [3.8, 4) is 5.69 Å². The van der Waals surface area contributed by atoms with Gasteiger partial charge in [0.25, 0.3) is 11.5 Å². The summed E-state index contributed by atoms with van der Waals surface area (Å²) >= 11 is 0. The molecule has 2 aromatic rings. The van der Waals surface area contributed by atoms with Crippen LogP contribution in [-0.4, -0.2) is 57.6 Å². The van der Waals surface area contributed by atoms with E-state index in [0.29, 0.717) is 30.9 Å². The number of hydrogen-bond donors (Lipinski definition) is 1. The first-order valence-electron chi connectivity index (χ1n) is 9.46. The molecule has 7 nitrogen and oxygen atoms in total. The Morgan fingerprint density at radius 3 is 2.48 bits per heavy atom. The van der Waals surface area contributed by atoms with Crippen LogP contribution in [0.5, 0.6) is 0 Å². The second-order valence-electron chi connectivity index (χ2n) is 7.56. The van der Waals surface area contributed by atoms with Crippen molar-refractivity contribution in [2.45, 2.75) is 26.2 Å². The highest BCUT2D eigenvalue weighted by Gasteiger charge is 2.45. The zero-order chi connectivity index (χ0) is 19.0. The number of benzene rings is 1. The Morgan fingerprint density at radius 2 is 1.85 bits per heavy atom. The maximum absolute atomic E-state index is 12.8. The van der Waals surface area contributed by atoms with Gasteiger partial charge in [-0.3, -0.25) is 19.5 Å². The topological polar surface area (TPSA) is 78.4 Å². The summed E-state index contributed by atoms with van der Waals surface area (Å²) in [5.41, 5.74) is 0.756. The lowest BCUT2D eigenvalue weighted by molar-refractivity contribution is -0.127. The van der Waals surface area contributed by atoms with Gasteiger partial charge < -0.3 is 9.80 Å². The lowest BCUT2D eigenvalue weighted by Gasteiger charge is -2.38. The third-order valence-corrected chi connectivity index (χ3v) is 5.86. The van der Waals surface area contributed by atoms with Gasteiger partial charge in [-0.05, 0) is 31.9 Å². The summed E-state index contributed by atoms with van der Waals surface area (Å²) < 4.78 is 1.38. The van der Waals surface area contributed by atoms with Crippen LogP contribution in [0.1, 0.15) is 36.7 Å². The average Bonchev–Trinajstić information content (AvgIpc) is 3.22. The van der Waals surface area contributed by atoms with Crippen LogP contribution < -0.4 is 5.56 Å². The van der Waals surface area contributed by atoms with Crippen molar-refractivity contribution in [3.63, 3.8) is 0 Å². The number of aromatic amines is 1. The lowest BCUT2D eigenvalue weighted by Crippen LogP contribution is -2.44. The highest BCUT2D eigenvalue weighted by molar-refractivity contribution is 5.92. The molecule has 0 radical (unpaired) electrons. The smallest absolute Gasteiger partial charge is 0.271 e. The Balaban J connectivity index is 1.46. The quantitative estimate of drug-likeness (QED) is 0.895. The first-order chi connectivity index (χ1) is 13.0.